The highest BCUT2D eigenvalue weighted by Crippen LogP contribution is 2.26. The van der Waals surface area contributed by atoms with Crippen LogP contribution in [0.25, 0.3) is 0 Å². The molecule has 0 aliphatic carbocycles. The zero-order valence-electron chi connectivity index (χ0n) is 17.0. The Hall–Kier alpha value is -1.91. The van der Waals surface area contributed by atoms with E-state index in [2.05, 4.69) is 4.98 Å². The second-order valence-corrected chi connectivity index (χ2v) is 8.22. The summed E-state index contributed by atoms with van der Waals surface area (Å²) in [7, 11) is 0. The first-order valence-electron chi connectivity index (χ1n) is 11.1. The maximum absolute atomic E-state index is 12.9. The number of fused-ring (bicyclic) bond motifs is 1. The first-order chi connectivity index (χ1) is 13.7. The smallest absolute Gasteiger partial charge is 0.223 e. The van der Waals surface area contributed by atoms with Gasteiger partial charge in [0.1, 0.15) is 11.9 Å². The number of ether oxygens (including phenoxy) is 1. The number of hydrogen-bond acceptors (Lipinski definition) is 4. The standard InChI is InChI=1S/C23H34N2O3/c26-22-11-9-7-5-3-1-2-4-6-8-10-12-23(27)25-18-20(17-21(22)25)28-19-13-15-24-16-14-19/h13-16,20-21H,1-12,17-18H2. The maximum atomic E-state index is 12.9. The Morgan fingerprint density at radius 1 is 0.821 bits per heavy atom. The molecule has 154 valence electrons. The van der Waals surface area contributed by atoms with Crippen molar-refractivity contribution < 1.29 is 14.3 Å². The van der Waals surface area contributed by atoms with Crippen molar-refractivity contribution in [2.24, 2.45) is 0 Å². The molecule has 0 saturated carbocycles. The Morgan fingerprint density at radius 2 is 1.39 bits per heavy atom. The quantitative estimate of drug-likeness (QED) is 0.739. The number of Topliss-reactive ketones (excluding diaryl/α,β-unsaturated/α-hetero) is 1. The van der Waals surface area contributed by atoms with Gasteiger partial charge in [-0.1, -0.05) is 51.4 Å². The van der Waals surface area contributed by atoms with Crippen molar-refractivity contribution in [1.29, 1.82) is 0 Å². The summed E-state index contributed by atoms with van der Waals surface area (Å²) in [5.74, 6) is 1.08. The van der Waals surface area contributed by atoms with Crippen molar-refractivity contribution in [3.05, 3.63) is 24.5 Å². The van der Waals surface area contributed by atoms with E-state index >= 15 is 0 Å². The Kier molecular flexibility index (Phi) is 8.31. The lowest BCUT2D eigenvalue weighted by Crippen LogP contribution is -2.40. The Bertz CT molecular complexity index is 586. The van der Waals surface area contributed by atoms with Gasteiger partial charge in [0.25, 0.3) is 0 Å². The average Bonchev–Trinajstić information content (AvgIpc) is 3.12. The zero-order valence-corrected chi connectivity index (χ0v) is 17.0. The van der Waals surface area contributed by atoms with Crippen LogP contribution in [0.1, 0.15) is 83.5 Å². The fraction of sp³-hybridized carbons (Fsp3) is 0.696. The summed E-state index contributed by atoms with van der Waals surface area (Å²) in [5.41, 5.74) is 0. The van der Waals surface area contributed by atoms with Crippen LogP contribution in [0.4, 0.5) is 0 Å². The van der Waals surface area contributed by atoms with Crippen molar-refractivity contribution in [3.63, 3.8) is 0 Å². The van der Waals surface area contributed by atoms with Gasteiger partial charge in [0, 0.05) is 31.7 Å². The van der Waals surface area contributed by atoms with E-state index in [0.29, 0.717) is 25.8 Å². The van der Waals surface area contributed by atoms with Crippen molar-refractivity contribution in [2.45, 2.75) is 95.6 Å². The molecule has 0 radical (unpaired) electrons. The normalized spacial score (nSPS) is 26.1. The van der Waals surface area contributed by atoms with E-state index in [1.54, 1.807) is 17.3 Å². The molecule has 0 bridgehead atoms. The minimum Gasteiger partial charge on any atom is -0.488 e. The van der Waals surface area contributed by atoms with E-state index in [-0.39, 0.29) is 23.8 Å². The third-order valence-corrected chi connectivity index (χ3v) is 5.97. The molecular weight excluding hydrogens is 352 g/mol. The van der Waals surface area contributed by atoms with Crippen molar-refractivity contribution in [3.8, 4) is 5.75 Å². The van der Waals surface area contributed by atoms with Gasteiger partial charge < -0.3 is 9.64 Å². The minimum atomic E-state index is -0.313. The molecule has 2 unspecified atom stereocenters. The lowest BCUT2D eigenvalue weighted by atomic mass is 10.0. The van der Waals surface area contributed by atoms with Crippen LogP contribution < -0.4 is 4.74 Å². The number of amides is 1. The van der Waals surface area contributed by atoms with Crippen LogP contribution in [-0.2, 0) is 9.59 Å². The lowest BCUT2D eigenvalue weighted by molar-refractivity contribution is -0.137. The van der Waals surface area contributed by atoms with E-state index in [1.807, 2.05) is 12.1 Å². The van der Waals surface area contributed by atoms with E-state index in [1.165, 1.54) is 38.5 Å². The van der Waals surface area contributed by atoms with Gasteiger partial charge in [0.05, 0.1) is 12.6 Å². The van der Waals surface area contributed by atoms with Crippen molar-refractivity contribution >= 4 is 11.7 Å². The fourth-order valence-corrected chi connectivity index (χ4v) is 4.37. The number of hydrogen-bond donors (Lipinski definition) is 0. The third kappa shape index (κ3) is 6.32. The number of carbonyl (C=O) groups excluding carboxylic acids is 2. The van der Waals surface area contributed by atoms with Crippen LogP contribution in [0.15, 0.2) is 24.5 Å². The summed E-state index contributed by atoms with van der Waals surface area (Å²) in [4.78, 5) is 31.5. The van der Waals surface area contributed by atoms with Crippen molar-refractivity contribution in [1.82, 2.24) is 9.88 Å². The van der Waals surface area contributed by atoms with Gasteiger partial charge in [-0.2, -0.15) is 0 Å². The molecule has 2 aliphatic heterocycles. The molecular formula is C23H34N2O3. The molecule has 5 nitrogen and oxygen atoms in total. The highest BCUT2D eigenvalue weighted by atomic mass is 16.5. The summed E-state index contributed by atoms with van der Waals surface area (Å²) >= 11 is 0. The van der Waals surface area contributed by atoms with Crippen LogP contribution in [0.3, 0.4) is 0 Å². The summed E-state index contributed by atoms with van der Waals surface area (Å²) in [6, 6.07) is 3.33. The van der Waals surface area contributed by atoms with E-state index < -0.39 is 0 Å². The minimum absolute atomic E-state index is 0.117. The highest BCUT2D eigenvalue weighted by molar-refractivity contribution is 5.89. The third-order valence-electron chi connectivity index (χ3n) is 5.97. The molecule has 1 aromatic rings. The first-order valence-corrected chi connectivity index (χ1v) is 11.1. The van der Waals surface area contributed by atoms with E-state index in [4.69, 9.17) is 4.74 Å². The van der Waals surface area contributed by atoms with Crippen LogP contribution in [0.2, 0.25) is 0 Å². The molecule has 1 aromatic heterocycles. The van der Waals surface area contributed by atoms with Crippen molar-refractivity contribution in [2.75, 3.05) is 6.54 Å². The molecule has 0 spiro atoms. The number of ketones is 1. The molecule has 3 heterocycles. The Balaban J connectivity index is 1.62. The summed E-state index contributed by atoms with van der Waals surface area (Å²) < 4.78 is 6.04. The molecule has 2 fully saturated rings. The first kappa shape index (κ1) is 20.8. The van der Waals surface area contributed by atoms with Gasteiger partial charge in [0.2, 0.25) is 5.91 Å². The van der Waals surface area contributed by atoms with Crippen LogP contribution in [-0.4, -0.2) is 40.3 Å². The zero-order chi connectivity index (χ0) is 19.6. The Morgan fingerprint density at radius 3 is 2.04 bits per heavy atom. The van der Waals surface area contributed by atoms with Crippen LogP contribution in [0.5, 0.6) is 5.75 Å². The second-order valence-electron chi connectivity index (χ2n) is 8.22. The SMILES string of the molecule is O=C1CCCCCCCCCCCCC(=O)N2CC(Oc3ccncc3)CC12. The predicted molar refractivity (Wildman–Crippen MR) is 109 cm³/mol. The summed E-state index contributed by atoms with van der Waals surface area (Å²) in [6.07, 6.45) is 16.7. The van der Waals surface area contributed by atoms with Crippen LogP contribution >= 0.6 is 0 Å². The molecule has 2 aliphatic rings. The topological polar surface area (TPSA) is 59.5 Å². The van der Waals surface area contributed by atoms with Gasteiger partial charge >= 0.3 is 0 Å². The number of rotatable bonds is 2. The molecule has 28 heavy (non-hydrogen) atoms. The highest BCUT2D eigenvalue weighted by Gasteiger charge is 2.39. The molecule has 1 amide bonds. The summed E-state index contributed by atoms with van der Waals surface area (Å²) in [5, 5.41) is 0. The van der Waals surface area contributed by atoms with Gasteiger partial charge in [0.15, 0.2) is 5.78 Å². The molecule has 2 atom stereocenters. The second kappa shape index (κ2) is 11.2. The van der Waals surface area contributed by atoms with Gasteiger partial charge in [-0.05, 0) is 25.0 Å². The Labute approximate surface area is 168 Å². The van der Waals surface area contributed by atoms with Gasteiger partial charge in [-0.15, -0.1) is 0 Å². The molecule has 3 rings (SSSR count). The lowest BCUT2D eigenvalue weighted by Gasteiger charge is -2.23. The number of carbonyl (C=O) groups is 2. The molecule has 5 heteroatoms. The largest absolute Gasteiger partial charge is 0.488 e. The van der Waals surface area contributed by atoms with Crippen LogP contribution in [0, 0.1) is 0 Å². The number of aromatic nitrogens is 1. The summed E-state index contributed by atoms with van der Waals surface area (Å²) in [6.45, 7) is 0.511. The molecule has 0 aromatic carbocycles. The average molecular weight is 387 g/mol. The van der Waals surface area contributed by atoms with E-state index in [9.17, 15) is 9.59 Å². The predicted octanol–water partition coefficient (Wildman–Crippen LogP) is 4.69. The maximum Gasteiger partial charge on any atom is 0.223 e. The van der Waals surface area contributed by atoms with E-state index in [0.717, 1.165) is 31.4 Å². The molecule has 0 N–H and O–H groups in total. The van der Waals surface area contributed by atoms with Gasteiger partial charge in [-0.25, -0.2) is 0 Å². The number of nitrogens with zero attached hydrogens (tertiary/aromatic N) is 2. The number of pyridine rings is 1. The van der Waals surface area contributed by atoms with Gasteiger partial charge in [-0.3, -0.25) is 14.6 Å². The monoisotopic (exact) mass is 386 g/mol. The molecule has 2 saturated heterocycles. The fourth-order valence-electron chi connectivity index (χ4n) is 4.37.